The van der Waals surface area contributed by atoms with Gasteiger partial charge in [-0.05, 0) is 44.2 Å². The third kappa shape index (κ3) is 4.03. The highest BCUT2D eigenvalue weighted by Crippen LogP contribution is 2.29. The number of aromatic nitrogens is 2. The van der Waals surface area contributed by atoms with Crippen LogP contribution in [0.5, 0.6) is 11.5 Å². The number of nitrogens with one attached hydrogen (secondary N) is 1. The van der Waals surface area contributed by atoms with Crippen molar-refractivity contribution in [2.75, 3.05) is 18.5 Å². The number of carbonyl (C=O) groups is 1. The maximum atomic E-state index is 12.6. The Bertz CT molecular complexity index is 875. The number of ether oxygens (including phenoxy) is 2. The van der Waals surface area contributed by atoms with E-state index in [9.17, 15) is 4.79 Å². The number of hydrogen-bond donors (Lipinski definition) is 1. The standard InChI is InChI=1S/C20H21N3O3/c1-3-25-16-10-11-19(26-4-2)18(14-16)21-20(24)17-12-13-23(22-17)15-8-6-5-7-9-15/h5-14H,3-4H2,1-2H3,(H,21,24). The molecule has 3 aromatic rings. The van der Waals surface area contributed by atoms with Crippen LogP contribution < -0.4 is 14.8 Å². The van der Waals surface area contributed by atoms with Gasteiger partial charge in [-0.2, -0.15) is 5.10 Å². The fourth-order valence-electron chi connectivity index (χ4n) is 2.50. The SMILES string of the molecule is CCOc1ccc(OCC)c(NC(=O)c2ccn(-c3ccccc3)n2)c1. The van der Waals surface area contributed by atoms with Crippen LogP contribution in [0.3, 0.4) is 0 Å². The van der Waals surface area contributed by atoms with Crippen molar-refractivity contribution in [3.8, 4) is 17.2 Å². The summed E-state index contributed by atoms with van der Waals surface area (Å²) in [5.41, 5.74) is 1.76. The molecule has 0 saturated heterocycles. The largest absolute Gasteiger partial charge is 0.494 e. The number of para-hydroxylation sites is 1. The Morgan fingerprint density at radius 3 is 2.54 bits per heavy atom. The number of carbonyl (C=O) groups excluding carboxylic acids is 1. The number of hydrogen-bond acceptors (Lipinski definition) is 4. The van der Waals surface area contributed by atoms with Gasteiger partial charge in [-0.15, -0.1) is 0 Å². The van der Waals surface area contributed by atoms with Crippen LogP contribution >= 0.6 is 0 Å². The third-order valence-corrected chi connectivity index (χ3v) is 3.65. The maximum absolute atomic E-state index is 12.6. The summed E-state index contributed by atoms with van der Waals surface area (Å²) in [6.45, 7) is 4.84. The van der Waals surface area contributed by atoms with Gasteiger partial charge in [-0.1, -0.05) is 18.2 Å². The van der Waals surface area contributed by atoms with E-state index in [1.54, 1.807) is 29.1 Å². The number of anilines is 1. The van der Waals surface area contributed by atoms with Gasteiger partial charge in [-0.25, -0.2) is 4.68 Å². The first-order chi connectivity index (χ1) is 12.7. The minimum Gasteiger partial charge on any atom is -0.494 e. The lowest BCUT2D eigenvalue weighted by Crippen LogP contribution is -2.14. The Hall–Kier alpha value is -3.28. The Kier molecular flexibility index (Phi) is 5.53. The van der Waals surface area contributed by atoms with Gasteiger partial charge in [0.1, 0.15) is 11.5 Å². The third-order valence-electron chi connectivity index (χ3n) is 3.65. The molecule has 0 aliphatic rings. The molecule has 0 radical (unpaired) electrons. The van der Waals surface area contributed by atoms with Crippen LogP contribution in [0.25, 0.3) is 5.69 Å². The normalized spacial score (nSPS) is 10.4. The average Bonchev–Trinajstić information content (AvgIpc) is 3.15. The van der Waals surface area contributed by atoms with Crippen LogP contribution in [-0.2, 0) is 0 Å². The molecule has 0 aliphatic heterocycles. The van der Waals surface area contributed by atoms with Crippen LogP contribution in [0.15, 0.2) is 60.8 Å². The van der Waals surface area contributed by atoms with Crippen LogP contribution in [0, 0.1) is 0 Å². The minimum absolute atomic E-state index is 0.311. The lowest BCUT2D eigenvalue weighted by Gasteiger charge is -2.13. The van der Waals surface area contributed by atoms with Gasteiger partial charge < -0.3 is 14.8 Å². The second-order valence-electron chi connectivity index (χ2n) is 5.46. The van der Waals surface area contributed by atoms with Gasteiger partial charge in [0.15, 0.2) is 5.69 Å². The highest BCUT2D eigenvalue weighted by Gasteiger charge is 2.14. The van der Waals surface area contributed by atoms with Gasteiger partial charge >= 0.3 is 0 Å². The zero-order chi connectivity index (χ0) is 18.4. The van der Waals surface area contributed by atoms with E-state index in [4.69, 9.17) is 9.47 Å². The lowest BCUT2D eigenvalue weighted by molar-refractivity contribution is 0.102. The first kappa shape index (κ1) is 17.5. The summed E-state index contributed by atoms with van der Waals surface area (Å²) in [7, 11) is 0. The summed E-state index contributed by atoms with van der Waals surface area (Å²) in [5, 5.41) is 7.20. The van der Waals surface area contributed by atoms with E-state index < -0.39 is 0 Å². The van der Waals surface area contributed by atoms with E-state index in [2.05, 4.69) is 10.4 Å². The Labute approximate surface area is 152 Å². The van der Waals surface area contributed by atoms with Crippen LogP contribution in [-0.4, -0.2) is 28.9 Å². The van der Waals surface area contributed by atoms with Crippen molar-refractivity contribution in [2.45, 2.75) is 13.8 Å². The van der Waals surface area contributed by atoms with Gasteiger partial charge in [0.05, 0.1) is 24.6 Å². The average molecular weight is 351 g/mol. The van der Waals surface area contributed by atoms with E-state index in [1.165, 1.54) is 0 Å². The summed E-state index contributed by atoms with van der Waals surface area (Å²) in [6, 6.07) is 16.6. The van der Waals surface area contributed by atoms with E-state index in [-0.39, 0.29) is 5.91 Å². The predicted molar refractivity (Wildman–Crippen MR) is 100 cm³/mol. The topological polar surface area (TPSA) is 65.4 Å². The van der Waals surface area contributed by atoms with Crippen molar-refractivity contribution in [3.05, 3.63) is 66.5 Å². The molecule has 0 aliphatic carbocycles. The molecule has 0 bridgehead atoms. The molecule has 1 N–H and O–H groups in total. The van der Waals surface area contributed by atoms with Gasteiger partial charge in [0.25, 0.3) is 5.91 Å². The fraction of sp³-hybridized carbons (Fsp3) is 0.200. The van der Waals surface area contributed by atoms with E-state index in [0.29, 0.717) is 36.1 Å². The van der Waals surface area contributed by atoms with Crippen molar-refractivity contribution in [2.24, 2.45) is 0 Å². The first-order valence-electron chi connectivity index (χ1n) is 8.53. The number of benzene rings is 2. The molecular formula is C20H21N3O3. The minimum atomic E-state index is -0.311. The molecule has 0 fully saturated rings. The molecule has 1 heterocycles. The van der Waals surface area contributed by atoms with E-state index in [1.807, 2.05) is 50.2 Å². The predicted octanol–water partition coefficient (Wildman–Crippen LogP) is 3.92. The van der Waals surface area contributed by atoms with Crippen molar-refractivity contribution in [3.63, 3.8) is 0 Å². The molecule has 2 aromatic carbocycles. The molecule has 26 heavy (non-hydrogen) atoms. The summed E-state index contributed by atoms with van der Waals surface area (Å²) in [6.07, 6.45) is 1.75. The van der Waals surface area contributed by atoms with Crippen LogP contribution in [0.2, 0.25) is 0 Å². The fourth-order valence-corrected chi connectivity index (χ4v) is 2.50. The maximum Gasteiger partial charge on any atom is 0.276 e. The second-order valence-corrected chi connectivity index (χ2v) is 5.46. The molecule has 6 nitrogen and oxygen atoms in total. The monoisotopic (exact) mass is 351 g/mol. The lowest BCUT2D eigenvalue weighted by atomic mass is 10.2. The Balaban J connectivity index is 1.81. The molecule has 0 spiro atoms. The summed E-state index contributed by atoms with van der Waals surface area (Å²) in [5.74, 6) is 0.946. The molecule has 3 rings (SSSR count). The van der Waals surface area contributed by atoms with Gasteiger partial charge in [0, 0.05) is 12.3 Å². The Morgan fingerprint density at radius 1 is 1.04 bits per heavy atom. The number of rotatable bonds is 7. The van der Waals surface area contributed by atoms with Crippen molar-refractivity contribution in [1.29, 1.82) is 0 Å². The first-order valence-corrected chi connectivity index (χ1v) is 8.53. The smallest absolute Gasteiger partial charge is 0.276 e. The summed E-state index contributed by atoms with van der Waals surface area (Å²) in [4.78, 5) is 12.6. The molecular weight excluding hydrogens is 330 g/mol. The van der Waals surface area contributed by atoms with Crippen molar-refractivity contribution in [1.82, 2.24) is 9.78 Å². The van der Waals surface area contributed by atoms with E-state index >= 15 is 0 Å². The molecule has 1 aromatic heterocycles. The zero-order valence-corrected chi connectivity index (χ0v) is 14.8. The van der Waals surface area contributed by atoms with E-state index in [0.717, 1.165) is 5.69 Å². The molecule has 6 heteroatoms. The molecule has 134 valence electrons. The zero-order valence-electron chi connectivity index (χ0n) is 14.8. The summed E-state index contributed by atoms with van der Waals surface area (Å²) < 4.78 is 12.7. The molecule has 0 atom stereocenters. The Morgan fingerprint density at radius 2 is 1.81 bits per heavy atom. The second kappa shape index (κ2) is 8.20. The number of amides is 1. The van der Waals surface area contributed by atoms with Gasteiger partial charge in [-0.3, -0.25) is 4.79 Å². The molecule has 0 unspecified atom stereocenters. The summed E-state index contributed by atoms with van der Waals surface area (Å²) >= 11 is 0. The van der Waals surface area contributed by atoms with Crippen LogP contribution in [0.1, 0.15) is 24.3 Å². The van der Waals surface area contributed by atoms with Gasteiger partial charge in [0.2, 0.25) is 0 Å². The number of nitrogens with zero attached hydrogens (tertiary/aromatic N) is 2. The quantitative estimate of drug-likeness (QED) is 0.701. The van der Waals surface area contributed by atoms with Crippen molar-refractivity contribution >= 4 is 11.6 Å². The highest BCUT2D eigenvalue weighted by atomic mass is 16.5. The molecule has 1 amide bonds. The van der Waals surface area contributed by atoms with Crippen LogP contribution in [0.4, 0.5) is 5.69 Å². The highest BCUT2D eigenvalue weighted by molar-refractivity contribution is 6.03. The molecule has 0 saturated carbocycles. The van der Waals surface area contributed by atoms with Crippen molar-refractivity contribution < 1.29 is 14.3 Å².